The van der Waals surface area contributed by atoms with Crippen molar-refractivity contribution in [2.45, 2.75) is 31.0 Å². The third kappa shape index (κ3) is 3.30. The molecule has 9 nitrogen and oxygen atoms in total. The standard InChI is InChI=1S/C26H23N3O6/c30-24(16-7-10-17(11-8-16)29(33)34)23-22-21(20-12-9-15-4-1-2-6-19(15)28(20)23)25(31)27(26(22)32)14-18-5-3-13-35-18/h1-2,4,6-12,18,20-23H,3,5,13-14H2/t18-,20-,21+,22+,23-/m0/s1. The van der Waals surface area contributed by atoms with Crippen LogP contribution < -0.4 is 4.90 Å². The lowest BCUT2D eigenvalue weighted by Crippen LogP contribution is -2.49. The van der Waals surface area contributed by atoms with Gasteiger partial charge >= 0.3 is 0 Å². The number of likely N-dealkylation sites (tertiary alicyclic amines) is 1. The van der Waals surface area contributed by atoms with Crippen LogP contribution in [-0.4, -0.2) is 58.8 Å². The molecule has 9 heteroatoms. The second kappa shape index (κ2) is 8.13. The average molecular weight is 473 g/mol. The van der Waals surface area contributed by atoms with Gasteiger partial charge in [0.05, 0.1) is 35.4 Å². The first-order chi connectivity index (χ1) is 17.0. The maximum Gasteiger partial charge on any atom is 0.269 e. The number of anilines is 1. The van der Waals surface area contributed by atoms with Gasteiger partial charge in [0, 0.05) is 30.0 Å². The number of rotatable bonds is 5. The molecule has 6 rings (SSSR count). The van der Waals surface area contributed by atoms with Gasteiger partial charge in [-0.15, -0.1) is 0 Å². The van der Waals surface area contributed by atoms with E-state index in [0.29, 0.717) is 6.61 Å². The predicted molar refractivity (Wildman–Crippen MR) is 126 cm³/mol. The van der Waals surface area contributed by atoms with Crippen molar-refractivity contribution in [3.63, 3.8) is 0 Å². The minimum Gasteiger partial charge on any atom is -0.376 e. The van der Waals surface area contributed by atoms with Gasteiger partial charge in [0.25, 0.3) is 5.69 Å². The van der Waals surface area contributed by atoms with Crippen molar-refractivity contribution in [1.82, 2.24) is 4.90 Å². The molecule has 0 saturated carbocycles. The summed E-state index contributed by atoms with van der Waals surface area (Å²) in [4.78, 5) is 54.9. The number of ether oxygens (including phenoxy) is 1. The second-order valence-electron chi connectivity index (χ2n) is 9.40. The summed E-state index contributed by atoms with van der Waals surface area (Å²) in [6, 6.07) is 11.6. The molecule has 0 N–H and O–H groups in total. The smallest absolute Gasteiger partial charge is 0.269 e. The van der Waals surface area contributed by atoms with Gasteiger partial charge in [0.2, 0.25) is 11.8 Å². The number of para-hydroxylation sites is 1. The monoisotopic (exact) mass is 473 g/mol. The summed E-state index contributed by atoms with van der Waals surface area (Å²) < 4.78 is 5.67. The quantitative estimate of drug-likeness (QED) is 0.284. The summed E-state index contributed by atoms with van der Waals surface area (Å²) >= 11 is 0. The number of hydrogen-bond acceptors (Lipinski definition) is 7. The number of nitro benzene ring substituents is 1. The highest BCUT2D eigenvalue weighted by Crippen LogP contribution is 2.49. The molecule has 4 aliphatic rings. The normalized spacial score (nSPS) is 28.7. The molecule has 4 heterocycles. The highest BCUT2D eigenvalue weighted by atomic mass is 16.6. The molecule has 3 saturated heterocycles. The van der Waals surface area contributed by atoms with Crippen LogP contribution in [0.15, 0.2) is 54.6 Å². The van der Waals surface area contributed by atoms with Gasteiger partial charge in [-0.2, -0.15) is 0 Å². The van der Waals surface area contributed by atoms with Gasteiger partial charge in [-0.25, -0.2) is 0 Å². The van der Waals surface area contributed by atoms with Crippen molar-refractivity contribution < 1.29 is 24.0 Å². The van der Waals surface area contributed by atoms with Crippen molar-refractivity contribution in [1.29, 1.82) is 0 Å². The number of benzene rings is 2. The van der Waals surface area contributed by atoms with Crippen molar-refractivity contribution in [2.24, 2.45) is 11.8 Å². The SMILES string of the molecule is O=C(c1ccc([N+](=O)[O-])cc1)[C@@H]1[C@@H]2C(=O)N(C[C@@H]3CCCO3)C(=O)[C@@H]2[C@@H]2C=Cc3ccccc3N12. The van der Waals surface area contributed by atoms with E-state index in [1.54, 1.807) is 0 Å². The molecule has 0 aromatic heterocycles. The molecule has 4 aliphatic heterocycles. The number of carbonyl (C=O) groups excluding carboxylic acids is 3. The van der Waals surface area contributed by atoms with Crippen LogP contribution in [0.2, 0.25) is 0 Å². The molecule has 0 aliphatic carbocycles. The number of ketones is 1. The second-order valence-corrected chi connectivity index (χ2v) is 9.40. The van der Waals surface area contributed by atoms with Crippen LogP contribution >= 0.6 is 0 Å². The fourth-order valence-corrected chi connectivity index (χ4v) is 5.97. The highest BCUT2D eigenvalue weighted by molar-refractivity contribution is 6.14. The molecule has 2 aromatic carbocycles. The van der Waals surface area contributed by atoms with Crippen LogP contribution in [0.1, 0.15) is 28.8 Å². The Kier molecular flexibility index (Phi) is 5.03. The van der Waals surface area contributed by atoms with E-state index in [9.17, 15) is 24.5 Å². The number of nitro groups is 1. The minimum atomic E-state index is -0.900. The minimum absolute atomic E-state index is 0.121. The van der Waals surface area contributed by atoms with E-state index >= 15 is 0 Å². The number of fused-ring (bicyclic) bond motifs is 5. The molecule has 0 bridgehead atoms. The summed E-state index contributed by atoms with van der Waals surface area (Å²) in [6.07, 6.45) is 5.35. The molecular weight excluding hydrogens is 450 g/mol. The van der Waals surface area contributed by atoms with Crippen molar-refractivity contribution in [2.75, 3.05) is 18.1 Å². The first-order valence-electron chi connectivity index (χ1n) is 11.8. The van der Waals surface area contributed by atoms with E-state index in [2.05, 4.69) is 0 Å². The van der Waals surface area contributed by atoms with E-state index in [0.717, 1.165) is 24.1 Å². The third-order valence-corrected chi connectivity index (χ3v) is 7.55. The number of nitrogens with zero attached hydrogens (tertiary/aromatic N) is 3. The van der Waals surface area contributed by atoms with Gasteiger partial charge in [-0.05, 0) is 36.6 Å². The average Bonchev–Trinajstić information content (AvgIpc) is 3.57. The maximum atomic E-state index is 13.9. The van der Waals surface area contributed by atoms with Gasteiger partial charge in [-0.3, -0.25) is 29.4 Å². The van der Waals surface area contributed by atoms with Gasteiger partial charge in [-0.1, -0.05) is 30.4 Å². The molecule has 2 aromatic rings. The predicted octanol–water partition coefficient (Wildman–Crippen LogP) is 2.84. The van der Waals surface area contributed by atoms with E-state index < -0.39 is 28.8 Å². The zero-order valence-electron chi connectivity index (χ0n) is 18.8. The van der Waals surface area contributed by atoms with Crippen LogP contribution in [-0.2, 0) is 14.3 Å². The lowest BCUT2D eigenvalue weighted by Gasteiger charge is -2.36. The molecule has 35 heavy (non-hydrogen) atoms. The van der Waals surface area contributed by atoms with E-state index in [1.165, 1.54) is 29.2 Å². The van der Waals surface area contributed by atoms with Gasteiger partial charge in [0.1, 0.15) is 6.04 Å². The van der Waals surface area contributed by atoms with Crippen LogP contribution in [0.5, 0.6) is 0 Å². The van der Waals surface area contributed by atoms with E-state index in [-0.39, 0.29) is 41.5 Å². The summed E-state index contributed by atoms with van der Waals surface area (Å²) in [5.41, 5.74) is 1.84. The van der Waals surface area contributed by atoms with Gasteiger partial charge < -0.3 is 9.64 Å². The fraction of sp³-hybridized carbons (Fsp3) is 0.346. The zero-order chi connectivity index (χ0) is 24.3. The van der Waals surface area contributed by atoms with E-state index in [1.807, 2.05) is 41.3 Å². The molecular formula is C26H23N3O6. The molecule has 0 unspecified atom stereocenters. The molecule has 2 amide bonds. The number of amides is 2. The Labute approximate surface area is 201 Å². The first-order valence-corrected chi connectivity index (χ1v) is 11.8. The maximum absolute atomic E-state index is 13.9. The first kappa shape index (κ1) is 21.7. The molecule has 178 valence electrons. The Morgan fingerprint density at radius 3 is 2.51 bits per heavy atom. The van der Waals surface area contributed by atoms with Crippen LogP contribution in [0.25, 0.3) is 6.08 Å². The van der Waals surface area contributed by atoms with Crippen molar-refractivity contribution in [3.05, 3.63) is 75.8 Å². The van der Waals surface area contributed by atoms with Crippen molar-refractivity contribution >= 4 is 35.0 Å². The largest absolute Gasteiger partial charge is 0.376 e. The lowest BCUT2D eigenvalue weighted by molar-refractivity contribution is -0.384. The number of hydrogen-bond donors (Lipinski definition) is 0. The lowest BCUT2D eigenvalue weighted by atomic mass is 9.86. The number of imide groups is 1. The molecule has 3 fully saturated rings. The molecule has 5 atom stereocenters. The highest BCUT2D eigenvalue weighted by Gasteiger charge is 2.64. The Balaban J connectivity index is 1.41. The summed E-state index contributed by atoms with van der Waals surface area (Å²) in [6.45, 7) is 0.820. The van der Waals surface area contributed by atoms with Gasteiger partial charge in [0.15, 0.2) is 5.78 Å². The third-order valence-electron chi connectivity index (χ3n) is 7.55. The Hall–Kier alpha value is -3.85. The van der Waals surface area contributed by atoms with E-state index in [4.69, 9.17) is 4.74 Å². The van der Waals surface area contributed by atoms with Crippen molar-refractivity contribution in [3.8, 4) is 0 Å². The summed E-state index contributed by atoms with van der Waals surface area (Å²) in [7, 11) is 0. The van der Waals surface area contributed by atoms with Crippen LogP contribution in [0.3, 0.4) is 0 Å². The Morgan fingerprint density at radius 2 is 1.80 bits per heavy atom. The number of Topliss-reactive ketones (excluding diaryl/α,β-unsaturated/α-hetero) is 1. The summed E-state index contributed by atoms with van der Waals surface area (Å²) in [5, 5.41) is 11.1. The summed E-state index contributed by atoms with van der Waals surface area (Å²) in [5.74, 6) is -2.47. The number of carbonyl (C=O) groups is 3. The van der Waals surface area contributed by atoms with Crippen LogP contribution in [0, 0.1) is 22.0 Å². The zero-order valence-corrected chi connectivity index (χ0v) is 18.8. The number of non-ortho nitro benzene ring substituents is 1. The fourth-order valence-electron chi connectivity index (χ4n) is 5.97. The Morgan fingerprint density at radius 1 is 1.06 bits per heavy atom. The topological polar surface area (TPSA) is 110 Å². The van der Waals surface area contributed by atoms with Crippen LogP contribution in [0.4, 0.5) is 11.4 Å². The molecule has 0 spiro atoms. The molecule has 0 radical (unpaired) electrons. The Bertz CT molecular complexity index is 1270.